The lowest BCUT2D eigenvalue weighted by molar-refractivity contribution is 0.386. The molecule has 0 N–H and O–H groups in total. The van der Waals surface area contributed by atoms with Gasteiger partial charge in [-0.1, -0.05) is 17.7 Å². The highest BCUT2D eigenvalue weighted by Crippen LogP contribution is 2.34. The first-order valence-corrected chi connectivity index (χ1v) is 6.61. The van der Waals surface area contributed by atoms with Crippen LogP contribution in [0.5, 0.6) is 23.0 Å². The van der Waals surface area contributed by atoms with Crippen molar-refractivity contribution in [2.24, 2.45) is 0 Å². The van der Waals surface area contributed by atoms with E-state index in [4.69, 9.17) is 31.1 Å². The highest BCUT2D eigenvalue weighted by Gasteiger charge is 2.10. The molecule has 0 atom stereocenters. The molecule has 0 fully saturated rings. The molecule has 5 heteroatoms. The number of nitriles is 1. The van der Waals surface area contributed by atoms with Crippen LogP contribution in [0.25, 0.3) is 0 Å². The van der Waals surface area contributed by atoms with Crippen molar-refractivity contribution >= 4 is 11.6 Å². The first-order valence-electron chi connectivity index (χ1n) is 6.23. The standard InChI is InChI=1S/C16H14ClNO3/c1-19-11-8-12(20-2)10-13(9-11)21-16-5-3-4-15(17)14(16)6-7-18/h3-5,8-10H,6H2,1-2H3. The molecule has 0 bridgehead atoms. The quantitative estimate of drug-likeness (QED) is 0.830. The number of halogens is 1. The van der Waals surface area contributed by atoms with Crippen LogP contribution in [0.15, 0.2) is 36.4 Å². The van der Waals surface area contributed by atoms with Gasteiger partial charge in [-0.15, -0.1) is 0 Å². The zero-order valence-electron chi connectivity index (χ0n) is 11.7. The lowest BCUT2D eigenvalue weighted by atomic mass is 10.1. The molecule has 2 rings (SSSR count). The molecule has 0 radical (unpaired) electrons. The predicted molar refractivity (Wildman–Crippen MR) is 80.4 cm³/mol. The summed E-state index contributed by atoms with van der Waals surface area (Å²) in [6, 6.07) is 12.6. The van der Waals surface area contributed by atoms with E-state index in [-0.39, 0.29) is 6.42 Å². The van der Waals surface area contributed by atoms with E-state index in [1.165, 1.54) is 0 Å². The Hall–Kier alpha value is -2.38. The van der Waals surface area contributed by atoms with Gasteiger partial charge >= 0.3 is 0 Å². The summed E-state index contributed by atoms with van der Waals surface area (Å²) in [5, 5.41) is 9.40. The first-order chi connectivity index (χ1) is 10.2. The molecule has 0 heterocycles. The Labute approximate surface area is 128 Å². The van der Waals surface area contributed by atoms with Gasteiger partial charge in [0.05, 0.1) is 26.7 Å². The number of nitrogens with zero attached hydrogens (tertiary/aromatic N) is 1. The fourth-order valence-corrected chi connectivity index (χ4v) is 2.09. The number of methoxy groups -OCH3 is 2. The number of hydrogen-bond acceptors (Lipinski definition) is 4. The van der Waals surface area contributed by atoms with Crippen LogP contribution in [0.2, 0.25) is 5.02 Å². The molecule has 0 aliphatic carbocycles. The molecule has 0 aliphatic heterocycles. The van der Waals surface area contributed by atoms with Gasteiger partial charge in [-0.3, -0.25) is 0 Å². The average Bonchev–Trinajstić information content (AvgIpc) is 2.50. The Morgan fingerprint density at radius 2 is 1.67 bits per heavy atom. The summed E-state index contributed by atoms with van der Waals surface area (Å²) in [5.41, 5.74) is 0.656. The molecule has 0 amide bonds. The van der Waals surface area contributed by atoms with Crippen molar-refractivity contribution in [1.29, 1.82) is 5.26 Å². The molecule has 0 aromatic heterocycles. The van der Waals surface area contributed by atoms with E-state index in [0.717, 1.165) is 0 Å². The normalized spacial score (nSPS) is 9.81. The summed E-state index contributed by atoms with van der Waals surface area (Å²) < 4.78 is 16.2. The fourth-order valence-electron chi connectivity index (χ4n) is 1.85. The highest BCUT2D eigenvalue weighted by atomic mass is 35.5. The molecular formula is C16H14ClNO3. The van der Waals surface area contributed by atoms with Gasteiger partial charge in [0.2, 0.25) is 0 Å². The van der Waals surface area contributed by atoms with Gasteiger partial charge < -0.3 is 14.2 Å². The van der Waals surface area contributed by atoms with Crippen LogP contribution >= 0.6 is 11.6 Å². The van der Waals surface area contributed by atoms with E-state index in [1.807, 2.05) is 0 Å². The summed E-state index contributed by atoms with van der Waals surface area (Å²) in [5.74, 6) is 2.33. The minimum absolute atomic E-state index is 0.177. The first kappa shape index (κ1) is 15.0. The third kappa shape index (κ3) is 3.59. The third-order valence-electron chi connectivity index (χ3n) is 2.88. The number of hydrogen-bond donors (Lipinski definition) is 0. The van der Waals surface area contributed by atoms with Crippen molar-refractivity contribution in [3.05, 3.63) is 47.0 Å². The van der Waals surface area contributed by atoms with E-state index in [2.05, 4.69) is 6.07 Å². The van der Waals surface area contributed by atoms with E-state index in [9.17, 15) is 0 Å². The summed E-state index contributed by atoms with van der Waals surface area (Å²) >= 11 is 6.11. The van der Waals surface area contributed by atoms with Crippen LogP contribution in [0.4, 0.5) is 0 Å². The smallest absolute Gasteiger partial charge is 0.134 e. The monoisotopic (exact) mass is 303 g/mol. The second kappa shape index (κ2) is 6.87. The SMILES string of the molecule is COc1cc(OC)cc(Oc2cccc(Cl)c2CC#N)c1. The Morgan fingerprint density at radius 3 is 2.24 bits per heavy atom. The fraction of sp³-hybridized carbons (Fsp3) is 0.188. The van der Waals surface area contributed by atoms with E-state index in [1.54, 1.807) is 50.6 Å². The van der Waals surface area contributed by atoms with Gasteiger partial charge in [-0.2, -0.15) is 5.26 Å². The van der Waals surface area contributed by atoms with Gasteiger partial charge in [0, 0.05) is 28.8 Å². The molecule has 2 aromatic rings. The van der Waals surface area contributed by atoms with Crippen LogP contribution < -0.4 is 14.2 Å². The lowest BCUT2D eigenvalue weighted by Gasteiger charge is -2.13. The van der Waals surface area contributed by atoms with Crippen LogP contribution in [0, 0.1) is 11.3 Å². The van der Waals surface area contributed by atoms with Crippen molar-refractivity contribution in [3.8, 4) is 29.1 Å². The molecule has 0 aliphatic rings. The number of benzene rings is 2. The topological polar surface area (TPSA) is 51.5 Å². The second-order valence-electron chi connectivity index (χ2n) is 4.20. The van der Waals surface area contributed by atoms with Gasteiger partial charge in [-0.05, 0) is 12.1 Å². The molecule has 21 heavy (non-hydrogen) atoms. The van der Waals surface area contributed by atoms with E-state index >= 15 is 0 Å². The Balaban J connectivity index is 2.38. The molecule has 0 saturated heterocycles. The second-order valence-corrected chi connectivity index (χ2v) is 4.61. The van der Waals surface area contributed by atoms with Crippen molar-refractivity contribution in [3.63, 3.8) is 0 Å². The largest absolute Gasteiger partial charge is 0.496 e. The van der Waals surface area contributed by atoms with Gasteiger partial charge in [0.25, 0.3) is 0 Å². The van der Waals surface area contributed by atoms with Crippen LogP contribution in [0.1, 0.15) is 5.56 Å². The summed E-state index contributed by atoms with van der Waals surface area (Å²) in [6.45, 7) is 0. The van der Waals surface area contributed by atoms with Gasteiger partial charge in [-0.25, -0.2) is 0 Å². The predicted octanol–water partition coefficient (Wildman–Crippen LogP) is 4.22. The maximum absolute atomic E-state index is 8.89. The minimum atomic E-state index is 0.177. The van der Waals surface area contributed by atoms with Crippen molar-refractivity contribution in [2.75, 3.05) is 14.2 Å². The minimum Gasteiger partial charge on any atom is -0.496 e. The molecule has 0 unspecified atom stereocenters. The summed E-state index contributed by atoms with van der Waals surface area (Å²) in [6.07, 6.45) is 0.177. The van der Waals surface area contributed by atoms with E-state index < -0.39 is 0 Å². The zero-order chi connectivity index (χ0) is 15.2. The highest BCUT2D eigenvalue weighted by molar-refractivity contribution is 6.31. The number of ether oxygens (including phenoxy) is 3. The van der Waals surface area contributed by atoms with Crippen LogP contribution in [-0.2, 0) is 6.42 Å². The van der Waals surface area contributed by atoms with Crippen molar-refractivity contribution in [1.82, 2.24) is 0 Å². The Bertz CT molecular complexity index is 657. The lowest BCUT2D eigenvalue weighted by Crippen LogP contribution is -1.94. The van der Waals surface area contributed by atoms with Crippen LogP contribution in [-0.4, -0.2) is 14.2 Å². The molecule has 4 nitrogen and oxygen atoms in total. The van der Waals surface area contributed by atoms with Crippen molar-refractivity contribution in [2.45, 2.75) is 6.42 Å². The van der Waals surface area contributed by atoms with Gasteiger partial charge in [0.1, 0.15) is 23.0 Å². The van der Waals surface area contributed by atoms with Crippen LogP contribution in [0.3, 0.4) is 0 Å². The molecule has 108 valence electrons. The maximum atomic E-state index is 8.89. The number of rotatable bonds is 5. The van der Waals surface area contributed by atoms with Crippen molar-refractivity contribution < 1.29 is 14.2 Å². The average molecular weight is 304 g/mol. The molecule has 0 spiro atoms. The third-order valence-corrected chi connectivity index (χ3v) is 3.24. The molecular weight excluding hydrogens is 290 g/mol. The summed E-state index contributed by atoms with van der Waals surface area (Å²) in [4.78, 5) is 0. The summed E-state index contributed by atoms with van der Waals surface area (Å²) in [7, 11) is 3.14. The van der Waals surface area contributed by atoms with E-state index in [0.29, 0.717) is 33.6 Å². The molecule has 2 aromatic carbocycles. The zero-order valence-corrected chi connectivity index (χ0v) is 12.5. The maximum Gasteiger partial charge on any atom is 0.134 e. The molecule has 0 saturated carbocycles. The van der Waals surface area contributed by atoms with Gasteiger partial charge in [0.15, 0.2) is 0 Å². The Kier molecular flexibility index (Phi) is 4.91. The Morgan fingerprint density at radius 1 is 1.05 bits per heavy atom.